The number of H-pyrrole nitrogens is 1. The predicted molar refractivity (Wildman–Crippen MR) is 111 cm³/mol. The highest BCUT2D eigenvalue weighted by atomic mass is 16.5. The number of rotatable bonds is 5. The van der Waals surface area contributed by atoms with Crippen molar-refractivity contribution in [1.82, 2.24) is 24.7 Å². The normalized spacial score (nSPS) is 13.8. The van der Waals surface area contributed by atoms with Gasteiger partial charge >= 0.3 is 0 Å². The van der Waals surface area contributed by atoms with Gasteiger partial charge in [0.1, 0.15) is 29.4 Å². The van der Waals surface area contributed by atoms with Crippen LogP contribution in [0, 0.1) is 0 Å². The number of aryl methyl sites for hydroxylation is 1. The maximum atomic E-state index is 11.5. The molecule has 1 amide bonds. The van der Waals surface area contributed by atoms with Gasteiger partial charge in [0.05, 0.1) is 29.4 Å². The first-order chi connectivity index (χ1) is 14.0. The summed E-state index contributed by atoms with van der Waals surface area (Å²) >= 11 is 0. The highest BCUT2D eigenvalue weighted by molar-refractivity contribution is 6.13. The molecule has 1 aliphatic rings. The first-order valence-corrected chi connectivity index (χ1v) is 9.46. The van der Waals surface area contributed by atoms with Crippen LogP contribution in [0.2, 0.25) is 0 Å². The molecule has 0 radical (unpaired) electrons. The van der Waals surface area contributed by atoms with E-state index in [1.165, 1.54) is 26.1 Å². The number of anilines is 3. The lowest BCUT2D eigenvalue weighted by molar-refractivity contribution is -0.114. The molecule has 0 bridgehead atoms. The van der Waals surface area contributed by atoms with Crippen LogP contribution in [-0.4, -0.2) is 37.7 Å². The molecule has 9 heteroatoms. The second-order valence-corrected chi connectivity index (χ2v) is 7.33. The monoisotopic (exact) mass is 391 g/mol. The summed E-state index contributed by atoms with van der Waals surface area (Å²) in [5.41, 5.74) is 3.24. The number of carbonyl (C=O) groups is 1. The van der Waals surface area contributed by atoms with Gasteiger partial charge in [0.25, 0.3) is 0 Å². The van der Waals surface area contributed by atoms with Gasteiger partial charge in [-0.25, -0.2) is 9.97 Å². The summed E-state index contributed by atoms with van der Waals surface area (Å²) < 4.78 is 7.32. The van der Waals surface area contributed by atoms with Crippen molar-refractivity contribution in [2.75, 3.05) is 17.7 Å². The Morgan fingerprint density at radius 2 is 2.10 bits per heavy atom. The third kappa shape index (κ3) is 3.04. The average molecular weight is 391 g/mol. The summed E-state index contributed by atoms with van der Waals surface area (Å²) in [5.74, 6) is 2.54. The SMILES string of the molecule is COc1cc2c(cc1NC(C)=O)[nH]c1ncnc(Nc3cc(C4CC4)nn3C)c12. The lowest BCUT2D eigenvalue weighted by Gasteiger charge is -2.10. The Labute approximate surface area is 166 Å². The maximum Gasteiger partial charge on any atom is 0.221 e. The van der Waals surface area contributed by atoms with E-state index in [9.17, 15) is 4.79 Å². The highest BCUT2D eigenvalue weighted by Gasteiger charge is 2.27. The van der Waals surface area contributed by atoms with Gasteiger partial charge in [0, 0.05) is 31.3 Å². The Balaban J connectivity index is 1.63. The van der Waals surface area contributed by atoms with Gasteiger partial charge in [-0.3, -0.25) is 9.48 Å². The molecule has 4 aromatic rings. The molecule has 1 fully saturated rings. The second kappa shape index (κ2) is 6.47. The number of nitrogens with zero attached hydrogens (tertiary/aromatic N) is 4. The van der Waals surface area contributed by atoms with Crippen molar-refractivity contribution in [3.63, 3.8) is 0 Å². The average Bonchev–Trinajstić information content (AvgIpc) is 3.38. The molecule has 0 spiro atoms. The van der Waals surface area contributed by atoms with Crippen LogP contribution in [0.25, 0.3) is 21.9 Å². The van der Waals surface area contributed by atoms with Gasteiger partial charge in [0.15, 0.2) is 0 Å². The van der Waals surface area contributed by atoms with Gasteiger partial charge in [-0.15, -0.1) is 0 Å². The molecule has 3 aromatic heterocycles. The zero-order chi connectivity index (χ0) is 20.1. The first-order valence-electron chi connectivity index (χ1n) is 9.46. The summed E-state index contributed by atoms with van der Waals surface area (Å²) in [4.78, 5) is 23.7. The minimum atomic E-state index is -0.163. The van der Waals surface area contributed by atoms with Crippen LogP contribution >= 0.6 is 0 Å². The first kappa shape index (κ1) is 17.5. The number of aromatic amines is 1. The number of hydrogen-bond acceptors (Lipinski definition) is 6. The highest BCUT2D eigenvalue weighted by Crippen LogP contribution is 2.41. The third-order valence-electron chi connectivity index (χ3n) is 5.16. The van der Waals surface area contributed by atoms with Crippen molar-refractivity contribution in [3.05, 3.63) is 30.2 Å². The Bertz CT molecular complexity index is 1250. The molecule has 3 heterocycles. The maximum absolute atomic E-state index is 11.5. The zero-order valence-electron chi connectivity index (χ0n) is 16.4. The van der Waals surface area contributed by atoms with Gasteiger partial charge in [-0.05, 0) is 25.0 Å². The number of methoxy groups -OCH3 is 1. The van der Waals surface area contributed by atoms with Crippen LogP contribution in [0.5, 0.6) is 5.75 Å². The topological polar surface area (TPSA) is 110 Å². The molecule has 9 nitrogen and oxygen atoms in total. The van der Waals surface area contributed by atoms with Gasteiger partial charge in [0.2, 0.25) is 5.91 Å². The third-order valence-corrected chi connectivity index (χ3v) is 5.16. The van der Waals surface area contributed by atoms with Crippen LogP contribution in [0.15, 0.2) is 24.5 Å². The molecule has 1 saturated carbocycles. The number of hydrogen-bond donors (Lipinski definition) is 3. The molecule has 0 atom stereocenters. The van der Waals surface area contributed by atoms with E-state index in [2.05, 4.69) is 36.8 Å². The van der Waals surface area contributed by atoms with E-state index in [0.29, 0.717) is 28.8 Å². The summed E-state index contributed by atoms with van der Waals surface area (Å²) in [6.45, 7) is 1.46. The summed E-state index contributed by atoms with van der Waals surface area (Å²) in [7, 11) is 3.50. The molecule has 0 aliphatic heterocycles. The van der Waals surface area contributed by atoms with E-state index in [4.69, 9.17) is 4.74 Å². The Morgan fingerprint density at radius 3 is 2.83 bits per heavy atom. The summed E-state index contributed by atoms with van der Waals surface area (Å²) in [5, 5.41) is 12.6. The van der Waals surface area contributed by atoms with Crippen molar-refractivity contribution < 1.29 is 9.53 Å². The van der Waals surface area contributed by atoms with Crippen molar-refractivity contribution in [1.29, 1.82) is 0 Å². The quantitative estimate of drug-likeness (QED) is 0.481. The number of nitrogens with one attached hydrogen (secondary N) is 3. The molecule has 1 aliphatic carbocycles. The van der Waals surface area contributed by atoms with Crippen LogP contribution in [0.4, 0.5) is 17.3 Å². The largest absolute Gasteiger partial charge is 0.495 e. The molecule has 1 aromatic carbocycles. The van der Waals surface area contributed by atoms with E-state index >= 15 is 0 Å². The van der Waals surface area contributed by atoms with E-state index in [1.807, 2.05) is 23.9 Å². The molecule has 5 rings (SSSR count). The lowest BCUT2D eigenvalue weighted by atomic mass is 10.1. The van der Waals surface area contributed by atoms with Crippen LogP contribution in [-0.2, 0) is 11.8 Å². The number of aromatic nitrogens is 5. The van der Waals surface area contributed by atoms with E-state index in [1.54, 1.807) is 7.11 Å². The number of benzene rings is 1. The van der Waals surface area contributed by atoms with Gasteiger partial charge in [-0.2, -0.15) is 5.10 Å². The Hall–Kier alpha value is -3.62. The lowest BCUT2D eigenvalue weighted by Crippen LogP contribution is -2.07. The zero-order valence-corrected chi connectivity index (χ0v) is 16.4. The van der Waals surface area contributed by atoms with E-state index in [-0.39, 0.29) is 5.91 Å². The van der Waals surface area contributed by atoms with Crippen molar-refractivity contribution >= 4 is 45.2 Å². The van der Waals surface area contributed by atoms with Crippen molar-refractivity contribution in [3.8, 4) is 5.75 Å². The number of amides is 1. The smallest absolute Gasteiger partial charge is 0.221 e. The summed E-state index contributed by atoms with van der Waals surface area (Å²) in [6, 6.07) is 5.80. The molecule has 29 heavy (non-hydrogen) atoms. The molecular formula is C20H21N7O2. The molecular weight excluding hydrogens is 370 g/mol. The Morgan fingerprint density at radius 1 is 1.28 bits per heavy atom. The predicted octanol–water partition coefficient (Wildman–Crippen LogP) is 3.43. The van der Waals surface area contributed by atoms with Crippen molar-refractivity contribution in [2.24, 2.45) is 7.05 Å². The fourth-order valence-electron chi connectivity index (χ4n) is 3.61. The fourth-order valence-corrected chi connectivity index (χ4v) is 3.61. The van der Waals surface area contributed by atoms with Crippen LogP contribution < -0.4 is 15.4 Å². The fraction of sp³-hybridized carbons (Fsp3) is 0.300. The minimum Gasteiger partial charge on any atom is -0.495 e. The minimum absolute atomic E-state index is 0.163. The molecule has 0 saturated heterocycles. The summed E-state index contributed by atoms with van der Waals surface area (Å²) in [6.07, 6.45) is 3.92. The van der Waals surface area contributed by atoms with Gasteiger partial charge in [-0.1, -0.05) is 0 Å². The Kier molecular flexibility index (Phi) is 3.90. The van der Waals surface area contributed by atoms with Crippen molar-refractivity contribution in [2.45, 2.75) is 25.7 Å². The van der Waals surface area contributed by atoms with Crippen LogP contribution in [0.3, 0.4) is 0 Å². The standard InChI is InChI=1S/C20H21N7O2/c1-10(28)23-15-7-14-12(6-16(15)29-3)18-19(24-14)21-9-22-20(18)25-17-8-13(11-4-5-11)26-27(17)2/h6-9,11H,4-5H2,1-3H3,(H,23,28)(H2,21,22,24,25). The molecule has 148 valence electrons. The number of fused-ring (bicyclic) bond motifs is 3. The van der Waals surface area contributed by atoms with Gasteiger partial charge < -0.3 is 20.4 Å². The van der Waals surface area contributed by atoms with Crippen LogP contribution in [0.1, 0.15) is 31.4 Å². The van der Waals surface area contributed by atoms with E-state index in [0.717, 1.165) is 27.8 Å². The molecule has 3 N–H and O–H groups in total. The number of ether oxygens (including phenoxy) is 1. The van der Waals surface area contributed by atoms with E-state index < -0.39 is 0 Å². The molecule has 0 unspecified atom stereocenters. The second-order valence-electron chi connectivity index (χ2n) is 7.33. The number of carbonyl (C=O) groups excluding carboxylic acids is 1.